The van der Waals surface area contributed by atoms with Crippen LogP contribution in [0.1, 0.15) is 4.88 Å². The van der Waals surface area contributed by atoms with Crippen LogP contribution < -0.4 is 10.1 Å². The molecule has 0 unspecified atom stereocenters. The van der Waals surface area contributed by atoms with Crippen molar-refractivity contribution < 1.29 is 27.8 Å². The second-order valence-corrected chi connectivity index (χ2v) is 6.67. The number of rotatable bonds is 9. The molecular weight excluding hydrogens is 372 g/mol. The van der Waals surface area contributed by atoms with Gasteiger partial charge in [-0.15, -0.1) is 23.1 Å². The van der Waals surface area contributed by atoms with Crippen molar-refractivity contribution in [2.24, 2.45) is 0 Å². The lowest BCUT2D eigenvalue weighted by atomic mass is 10.3. The van der Waals surface area contributed by atoms with E-state index in [1.54, 1.807) is 17.4 Å². The quantitative estimate of drug-likeness (QED) is 0.664. The van der Waals surface area contributed by atoms with Crippen LogP contribution in [0, 0.1) is 0 Å². The normalized spacial score (nSPS) is 10.5. The van der Waals surface area contributed by atoms with Gasteiger partial charge in [0, 0.05) is 10.6 Å². The Balaban J connectivity index is 1.72. The number of anilines is 1. The van der Waals surface area contributed by atoms with Gasteiger partial charge < -0.3 is 14.8 Å². The van der Waals surface area contributed by atoms with Crippen molar-refractivity contribution >= 4 is 40.7 Å². The lowest BCUT2D eigenvalue weighted by molar-refractivity contribution is -0.144. The molecule has 1 amide bonds. The smallest absolute Gasteiger partial charge is 0.387 e. The van der Waals surface area contributed by atoms with E-state index < -0.39 is 25.1 Å². The van der Waals surface area contributed by atoms with Crippen LogP contribution in [0.4, 0.5) is 14.5 Å². The molecule has 1 aromatic carbocycles. The van der Waals surface area contributed by atoms with Crippen LogP contribution >= 0.6 is 23.1 Å². The zero-order valence-electron chi connectivity index (χ0n) is 12.9. The highest BCUT2D eigenvalue weighted by molar-refractivity contribution is 7.99. The number of alkyl halides is 2. The molecule has 9 heteroatoms. The van der Waals surface area contributed by atoms with E-state index in [2.05, 4.69) is 10.1 Å². The molecule has 0 atom stereocenters. The number of para-hydroxylation sites is 2. The Bertz CT molecular complexity index is 695. The molecule has 2 aromatic rings. The Hall–Kier alpha value is -2.13. The predicted octanol–water partition coefficient (Wildman–Crippen LogP) is 3.76. The van der Waals surface area contributed by atoms with Crippen LogP contribution in [0.15, 0.2) is 41.8 Å². The van der Waals surface area contributed by atoms with Crippen LogP contribution in [0.3, 0.4) is 0 Å². The van der Waals surface area contributed by atoms with Gasteiger partial charge in [0.25, 0.3) is 5.91 Å². The first-order chi connectivity index (χ1) is 12.0. The summed E-state index contributed by atoms with van der Waals surface area (Å²) in [5.41, 5.74) is 0.0796. The van der Waals surface area contributed by atoms with Crippen molar-refractivity contribution in [2.45, 2.75) is 12.4 Å². The third kappa shape index (κ3) is 7.10. The van der Waals surface area contributed by atoms with Crippen LogP contribution in [0.2, 0.25) is 0 Å². The van der Waals surface area contributed by atoms with Crippen LogP contribution in [0.25, 0.3) is 0 Å². The minimum Gasteiger partial charge on any atom is -0.455 e. The molecule has 2 rings (SSSR count). The molecule has 1 heterocycles. The van der Waals surface area contributed by atoms with Crippen LogP contribution in [-0.4, -0.2) is 30.8 Å². The van der Waals surface area contributed by atoms with E-state index in [9.17, 15) is 18.4 Å². The highest BCUT2D eigenvalue weighted by Crippen LogP contribution is 2.25. The standard InChI is InChI=1S/C16H15F2NO4S2/c17-16(18)23-13-6-2-1-5-12(13)19-14(20)8-22-15(21)10-24-9-11-4-3-7-25-11/h1-7,16H,8-10H2,(H,19,20). The van der Waals surface area contributed by atoms with E-state index in [0.29, 0.717) is 5.75 Å². The number of thiophene rings is 1. The summed E-state index contributed by atoms with van der Waals surface area (Å²) in [6.07, 6.45) is 0. The lowest BCUT2D eigenvalue weighted by Gasteiger charge is -2.11. The third-order valence-corrected chi connectivity index (χ3v) is 4.80. The summed E-state index contributed by atoms with van der Waals surface area (Å²) in [6, 6.07) is 9.66. The maximum Gasteiger partial charge on any atom is 0.387 e. The minimum atomic E-state index is -3.00. The van der Waals surface area contributed by atoms with Gasteiger partial charge in [-0.25, -0.2) is 0 Å². The highest BCUT2D eigenvalue weighted by Gasteiger charge is 2.13. The molecule has 0 spiro atoms. The van der Waals surface area contributed by atoms with Gasteiger partial charge in [0.05, 0.1) is 11.4 Å². The lowest BCUT2D eigenvalue weighted by Crippen LogP contribution is -2.22. The number of halogens is 2. The number of benzene rings is 1. The van der Waals surface area contributed by atoms with E-state index in [1.807, 2.05) is 17.5 Å². The fourth-order valence-corrected chi connectivity index (χ4v) is 3.43. The molecule has 0 fully saturated rings. The third-order valence-electron chi connectivity index (χ3n) is 2.79. The average molecular weight is 387 g/mol. The molecule has 25 heavy (non-hydrogen) atoms. The fraction of sp³-hybridized carbons (Fsp3) is 0.250. The van der Waals surface area contributed by atoms with Crippen molar-refractivity contribution in [1.82, 2.24) is 0 Å². The molecule has 0 saturated carbocycles. The van der Waals surface area contributed by atoms with Gasteiger partial charge >= 0.3 is 12.6 Å². The van der Waals surface area contributed by atoms with Crippen LogP contribution in [-0.2, 0) is 20.1 Å². The Kier molecular flexibility index (Phi) is 7.68. The summed E-state index contributed by atoms with van der Waals surface area (Å²) in [5.74, 6) is -0.507. The van der Waals surface area contributed by atoms with Crippen molar-refractivity contribution in [2.75, 3.05) is 17.7 Å². The molecule has 0 saturated heterocycles. The molecule has 0 aliphatic carbocycles. The predicted molar refractivity (Wildman–Crippen MR) is 93.1 cm³/mol. The summed E-state index contributed by atoms with van der Waals surface area (Å²) in [6.45, 7) is -3.50. The van der Waals surface area contributed by atoms with E-state index in [0.717, 1.165) is 4.88 Å². The SMILES string of the molecule is O=C(COC(=O)CSCc1cccs1)Nc1ccccc1OC(F)F. The van der Waals surface area contributed by atoms with Gasteiger partial charge in [0.15, 0.2) is 6.61 Å². The molecular formula is C16H15F2NO4S2. The van der Waals surface area contributed by atoms with Gasteiger partial charge in [-0.3, -0.25) is 9.59 Å². The van der Waals surface area contributed by atoms with Gasteiger partial charge in [-0.05, 0) is 23.6 Å². The average Bonchev–Trinajstić information content (AvgIpc) is 3.08. The first-order valence-corrected chi connectivity index (χ1v) is 9.17. The summed E-state index contributed by atoms with van der Waals surface area (Å²) in [4.78, 5) is 24.5. The molecule has 0 radical (unpaired) electrons. The molecule has 0 aliphatic heterocycles. The number of hydrogen-bond donors (Lipinski definition) is 1. The molecule has 0 aliphatic rings. The minimum absolute atomic E-state index is 0.0796. The zero-order valence-corrected chi connectivity index (χ0v) is 14.6. The summed E-state index contributed by atoms with van der Waals surface area (Å²) < 4.78 is 33.8. The molecule has 134 valence electrons. The highest BCUT2D eigenvalue weighted by atomic mass is 32.2. The first-order valence-electron chi connectivity index (χ1n) is 7.14. The number of ether oxygens (including phenoxy) is 2. The Morgan fingerprint density at radius 3 is 2.72 bits per heavy atom. The number of carbonyl (C=O) groups is 2. The molecule has 1 N–H and O–H groups in total. The summed E-state index contributed by atoms with van der Waals surface area (Å²) in [5, 5.41) is 4.32. The second kappa shape index (κ2) is 10.00. The summed E-state index contributed by atoms with van der Waals surface area (Å²) in [7, 11) is 0. The second-order valence-electron chi connectivity index (χ2n) is 4.66. The molecule has 5 nitrogen and oxygen atoms in total. The number of hydrogen-bond acceptors (Lipinski definition) is 6. The molecule has 1 aromatic heterocycles. The number of thioether (sulfide) groups is 1. The number of amides is 1. The number of carbonyl (C=O) groups excluding carboxylic acids is 2. The van der Waals surface area contributed by atoms with Crippen molar-refractivity contribution in [1.29, 1.82) is 0 Å². The van der Waals surface area contributed by atoms with Crippen molar-refractivity contribution in [3.63, 3.8) is 0 Å². The van der Waals surface area contributed by atoms with E-state index >= 15 is 0 Å². The van der Waals surface area contributed by atoms with E-state index in [4.69, 9.17) is 4.74 Å². The number of nitrogens with one attached hydrogen (secondary N) is 1. The Morgan fingerprint density at radius 2 is 2.00 bits per heavy atom. The van der Waals surface area contributed by atoms with Gasteiger partial charge in [0.2, 0.25) is 0 Å². The number of esters is 1. The maximum atomic E-state index is 12.3. The van der Waals surface area contributed by atoms with Crippen molar-refractivity contribution in [3.8, 4) is 5.75 Å². The Morgan fingerprint density at radius 1 is 1.20 bits per heavy atom. The maximum absolute atomic E-state index is 12.3. The Labute approximate surface area is 151 Å². The fourth-order valence-electron chi connectivity index (χ4n) is 1.77. The molecule has 0 bridgehead atoms. The van der Waals surface area contributed by atoms with E-state index in [-0.39, 0.29) is 17.2 Å². The topological polar surface area (TPSA) is 64.6 Å². The summed E-state index contributed by atoms with van der Waals surface area (Å²) >= 11 is 2.98. The van der Waals surface area contributed by atoms with E-state index in [1.165, 1.54) is 30.0 Å². The van der Waals surface area contributed by atoms with Crippen LogP contribution in [0.5, 0.6) is 5.75 Å². The monoisotopic (exact) mass is 387 g/mol. The van der Waals surface area contributed by atoms with Crippen molar-refractivity contribution in [3.05, 3.63) is 46.7 Å². The van der Waals surface area contributed by atoms with Gasteiger partial charge in [-0.2, -0.15) is 8.78 Å². The van der Waals surface area contributed by atoms with Gasteiger partial charge in [0.1, 0.15) is 5.75 Å². The largest absolute Gasteiger partial charge is 0.455 e. The zero-order chi connectivity index (χ0) is 18.1. The first kappa shape index (κ1) is 19.2. The van der Waals surface area contributed by atoms with Gasteiger partial charge in [-0.1, -0.05) is 18.2 Å².